The first-order valence-electron chi connectivity index (χ1n) is 5.17. The lowest BCUT2D eigenvalue weighted by atomic mass is 10.1. The number of carbonyl (C=O) groups is 1. The summed E-state index contributed by atoms with van der Waals surface area (Å²) >= 11 is 0. The number of hydrogen-bond acceptors (Lipinski definition) is 2. The van der Waals surface area contributed by atoms with Gasteiger partial charge in [0.15, 0.2) is 0 Å². The van der Waals surface area contributed by atoms with Crippen LogP contribution in [-0.4, -0.2) is 16.1 Å². The zero-order valence-electron chi connectivity index (χ0n) is 9.08. The Morgan fingerprint density at radius 3 is 2.47 bits per heavy atom. The maximum atomic E-state index is 10.4. The smallest absolute Gasteiger partial charge is 0.328 e. The zero-order chi connectivity index (χ0) is 12.1. The number of rotatable bonds is 3. The Labute approximate surface area is 99.1 Å². The minimum atomic E-state index is -0.943. The number of aromatic nitrogens is 1. The summed E-state index contributed by atoms with van der Waals surface area (Å²) in [5.74, 6) is -0.943. The van der Waals surface area contributed by atoms with E-state index in [1.54, 1.807) is 18.5 Å². The van der Waals surface area contributed by atoms with Crippen LogP contribution in [0.1, 0.15) is 5.56 Å². The third-order valence-electron chi connectivity index (χ3n) is 2.32. The monoisotopic (exact) mass is 225 g/mol. The van der Waals surface area contributed by atoms with Crippen LogP contribution in [0, 0.1) is 0 Å². The van der Waals surface area contributed by atoms with Gasteiger partial charge in [-0.1, -0.05) is 30.3 Å². The minimum absolute atomic E-state index is 0.861. The minimum Gasteiger partial charge on any atom is -0.478 e. The summed E-state index contributed by atoms with van der Waals surface area (Å²) in [6, 6.07) is 11.5. The second-order valence-electron chi connectivity index (χ2n) is 3.54. The molecule has 0 aliphatic rings. The molecule has 1 N–H and O–H groups in total. The van der Waals surface area contributed by atoms with Gasteiger partial charge in [0.25, 0.3) is 0 Å². The molecule has 3 nitrogen and oxygen atoms in total. The van der Waals surface area contributed by atoms with Gasteiger partial charge in [-0.25, -0.2) is 4.79 Å². The van der Waals surface area contributed by atoms with Gasteiger partial charge in [0, 0.05) is 18.5 Å². The fourth-order valence-corrected chi connectivity index (χ4v) is 1.49. The maximum Gasteiger partial charge on any atom is 0.328 e. The van der Waals surface area contributed by atoms with Crippen LogP contribution in [-0.2, 0) is 4.79 Å². The van der Waals surface area contributed by atoms with E-state index in [1.807, 2.05) is 36.4 Å². The molecule has 0 saturated carbocycles. The molecule has 0 saturated heterocycles. The normalized spacial score (nSPS) is 10.6. The number of carboxylic acid groups (broad SMARTS) is 1. The summed E-state index contributed by atoms with van der Waals surface area (Å²) in [5.41, 5.74) is 2.96. The van der Waals surface area contributed by atoms with Crippen LogP contribution in [0.4, 0.5) is 0 Å². The Kier molecular flexibility index (Phi) is 3.31. The van der Waals surface area contributed by atoms with Crippen LogP contribution >= 0.6 is 0 Å². The second-order valence-corrected chi connectivity index (χ2v) is 3.54. The third kappa shape index (κ3) is 3.01. The van der Waals surface area contributed by atoms with Gasteiger partial charge in [0.1, 0.15) is 0 Å². The molecular formula is C14H11NO2. The van der Waals surface area contributed by atoms with Crippen molar-refractivity contribution in [3.8, 4) is 11.1 Å². The highest BCUT2D eigenvalue weighted by Crippen LogP contribution is 2.18. The fourth-order valence-electron chi connectivity index (χ4n) is 1.49. The van der Waals surface area contributed by atoms with E-state index in [1.165, 1.54) is 0 Å². The van der Waals surface area contributed by atoms with Gasteiger partial charge in [-0.15, -0.1) is 0 Å². The summed E-state index contributed by atoms with van der Waals surface area (Å²) in [6.45, 7) is 0. The second kappa shape index (κ2) is 5.07. The quantitative estimate of drug-likeness (QED) is 0.817. The van der Waals surface area contributed by atoms with Crippen molar-refractivity contribution >= 4 is 12.0 Å². The van der Waals surface area contributed by atoms with E-state index < -0.39 is 5.97 Å². The highest BCUT2D eigenvalue weighted by atomic mass is 16.4. The summed E-state index contributed by atoms with van der Waals surface area (Å²) in [4.78, 5) is 14.4. The molecular weight excluding hydrogens is 214 g/mol. The summed E-state index contributed by atoms with van der Waals surface area (Å²) in [7, 11) is 0. The molecule has 0 aliphatic heterocycles. The Bertz CT molecular complexity index is 530. The summed E-state index contributed by atoms with van der Waals surface area (Å²) < 4.78 is 0. The Morgan fingerprint density at radius 2 is 1.88 bits per heavy atom. The van der Waals surface area contributed by atoms with Crippen molar-refractivity contribution in [2.45, 2.75) is 0 Å². The van der Waals surface area contributed by atoms with Gasteiger partial charge >= 0.3 is 5.97 Å². The van der Waals surface area contributed by atoms with E-state index in [4.69, 9.17) is 5.11 Å². The summed E-state index contributed by atoms with van der Waals surface area (Å²) in [6.07, 6.45) is 6.21. The number of hydrogen-bond donors (Lipinski definition) is 1. The van der Waals surface area contributed by atoms with Gasteiger partial charge in [-0.2, -0.15) is 0 Å². The predicted molar refractivity (Wildman–Crippen MR) is 66.3 cm³/mol. The molecule has 0 atom stereocenters. The van der Waals surface area contributed by atoms with Crippen LogP contribution in [0.15, 0.2) is 54.9 Å². The highest BCUT2D eigenvalue weighted by molar-refractivity contribution is 5.85. The van der Waals surface area contributed by atoms with Crippen LogP contribution in [0.25, 0.3) is 17.2 Å². The van der Waals surface area contributed by atoms with E-state index in [9.17, 15) is 4.79 Å². The fraction of sp³-hybridized carbons (Fsp3) is 0. The van der Waals surface area contributed by atoms with E-state index >= 15 is 0 Å². The molecule has 3 heteroatoms. The number of carboxylic acids is 1. The molecule has 2 aromatic rings. The van der Waals surface area contributed by atoms with Crippen molar-refractivity contribution in [2.75, 3.05) is 0 Å². The van der Waals surface area contributed by atoms with Gasteiger partial charge in [-0.05, 0) is 28.8 Å². The molecule has 84 valence electrons. The van der Waals surface area contributed by atoms with Crippen LogP contribution in [0.2, 0.25) is 0 Å². The molecule has 1 heterocycles. The Hall–Kier alpha value is -2.42. The Morgan fingerprint density at radius 1 is 1.12 bits per heavy atom. The lowest BCUT2D eigenvalue weighted by molar-refractivity contribution is -0.131. The van der Waals surface area contributed by atoms with Gasteiger partial charge < -0.3 is 5.11 Å². The SMILES string of the molecule is O=C(O)/C=C/c1ccc(-c2cccnc2)cc1. The third-order valence-corrected chi connectivity index (χ3v) is 2.32. The average molecular weight is 225 g/mol. The van der Waals surface area contributed by atoms with Gasteiger partial charge in [0.2, 0.25) is 0 Å². The standard InChI is InChI=1S/C14H11NO2/c16-14(17)8-5-11-3-6-12(7-4-11)13-2-1-9-15-10-13/h1-10H,(H,16,17)/b8-5+. The predicted octanol–water partition coefficient (Wildman–Crippen LogP) is 2.85. The number of aliphatic carboxylic acids is 1. The molecule has 17 heavy (non-hydrogen) atoms. The lowest BCUT2D eigenvalue weighted by Gasteiger charge is -2.00. The van der Waals surface area contributed by atoms with Crippen molar-refractivity contribution in [1.29, 1.82) is 0 Å². The molecule has 0 spiro atoms. The summed E-state index contributed by atoms with van der Waals surface area (Å²) in [5, 5.41) is 8.51. The first-order chi connectivity index (χ1) is 8.25. The van der Waals surface area contributed by atoms with Crippen molar-refractivity contribution in [2.24, 2.45) is 0 Å². The Balaban J connectivity index is 2.22. The molecule has 1 aromatic carbocycles. The molecule has 0 unspecified atom stereocenters. The van der Waals surface area contributed by atoms with Crippen molar-refractivity contribution in [1.82, 2.24) is 4.98 Å². The van der Waals surface area contributed by atoms with Crippen molar-refractivity contribution < 1.29 is 9.90 Å². The first kappa shape index (κ1) is 11.1. The van der Waals surface area contributed by atoms with Crippen molar-refractivity contribution in [3.63, 3.8) is 0 Å². The number of benzene rings is 1. The molecule has 1 aromatic heterocycles. The van der Waals surface area contributed by atoms with Crippen molar-refractivity contribution in [3.05, 3.63) is 60.4 Å². The molecule has 0 bridgehead atoms. The molecule has 2 rings (SSSR count). The number of pyridine rings is 1. The van der Waals surface area contributed by atoms with E-state index in [2.05, 4.69) is 4.98 Å². The lowest BCUT2D eigenvalue weighted by Crippen LogP contribution is -1.85. The van der Waals surface area contributed by atoms with Crippen LogP contribution in [0.3, 0.4) is 0 Å². The molecule has 0 amide bonds. The number of nitrogens with zero attached hydrogens (tertiary/aromatic N) is 1. The van der Waals surface area contributed by atoms with E-state index in [-0.39, 0.29) is 0 Å². The van der Waals surface area contributed by atoms with Gasteiger partial charge in [-0.3, -0.25) is 4.98 Å². The first-order valence-corrected chi connectivity index (χ1v) is 5.17. The zero-order valence-corrected chi connectivity index (χ0v) is 9.08. The van der Waals surface area contributed by atoms with Gasteiger partial charge in [0.05, 0.1) is 0 Å². The topological polar surface area (TPSA) is 50.2 Å². The maximum absolute atomic E-state index is 10.4. The van der Waals surface area contributed by atoms with E-state index in [0.717, 1.165) is 22.8 Å². The average Bonchev–Trinajstić information content (AvgIpc) is 2.38. The molecule has 0 aliphatic carbocycles. The largest absolute Gasteiger partial charge is 0.478 e. The van der Waals surface area contributed by atoms with Crippen LogP contribution in [0.5, 0.6) is 0 Å². The molecule has 0 radical (unpaired) electrons. The highest BCUT2D eigenvalue weighted by Gasteiger charge is 1.96. The van der Waals surface area contributed by atoms with Crippen LogP contribution < -0.4 is 0 Å². The van der Waals surface area contributed by atoms with E-state index in [0.29, 0.717) is 0 Å². The molecule has 0 fully saturated rings.